The largest absolute Gasteiger partial charge is 0.459 e. The third-order valence-corrected chi connectivity index (χ3v) is 2.58. The molecule has 2 aromatic rings. The van der Waals surface area contributed by atoms with Crippen molar-refractivity contribution in [2.45, 2.75) is 19.8 Å². The molecule has 2 rings (SSSR count). The van der Waals surface area contributed by atoms with Gasteiger partial charge >= 0.3 is 0 Å². The fraction of sp³-hybridized carbons (Fsp3) is 0.214. The molecule has 0 radical (unpaired) electrons. The number of furan rings is 1. The molecule has 0 aliphatic carbocycles. The predicted molar refractivity (Wildman–Crippen MR) is 67.2 cm³/mol. The van der Waals surface area contributed by atoms with Crippen molar-refractivity contribution in [3.05, 3.63) is 54.0 Å². The number of anilines is 1. The third kappa shape index (κ3) is 2.75. The summed E-state index contributed by atoms with van der Waals surface area (Å²) in [5.74, 6) is 0.579. The lowest BCUT2D eigenvalue weighted by Crippen LogP contribution is -2.10. The summed E-state index contributed by atoms with van der Waals surface area (Å²) in [6.07, 6.45) is 1.48. The maximum absolute atomic E-state index is 11.7. The minimum Gasteiger partial charge on any atom is -0.459 e. The highest BCUT2D eigenvalue weighted by Crippen LogP contribution is 2.17. The van der Waals surface area contributed by atoms with Gasteiger partial charge in [-0.15, -0.1) is 0 Å². The first-order chi connectivity index (χ1) is 8.16. The molecule has 1 aromatic carbocycles. The van der Waals surface area contributed by atoms with Gasteiger partial charge in [0.15, 0.2) is 5.76 Å². The first kappa shape index (κ1) is 11.5. The van der Waals surface area contributed by atoms with E-state index in [1.165, 1.54) is 11.8 Å². The van der Waals surface area contributed by atoms with Crippen LogP contribution in [0, 0.1) is 0 Å². The molecule has 88 valence electrons. The summed E-state index contributed by atoms with van der Waals surface area (Å²) in [4.78, 5) is 11.7. The van der Waals surface area contributed by atoms with Crippen LogP contribution < -0.4 is 5.32 Å². The normalized spacial score (nSPS) is 10.5. The maximum atomic E-state index is 11.7. The number of nitrogens with one attached hydrogen (secondary N) is 1. The van der Waals surface area contributed by atoms with E-state index in [0.717, 1.165) is 5.69 Å². The van der Waals surface area contributed by atoms with Crippen molar-refractivity contribution in [1.82, 2.24) is 0 Å². The van der Waals surface area contributed by atoms with Gasteiger partial charge in [0.2, 0.25) is 0 Å². The highest BCUT2D eigenvalue weighted by molar-refractivity contribution is 6.02. The Morgan fingerprint density at radius 2 is 1.88 bits per heavy atom. The van der Waals surface area contributed by atoms with Crippen LogP contribution in [0.1, 0.15) is 35.9 Å². The Morgan fingerprint density at radius 3 is 2.41 bits per heavy atom. The lowest BCUT2D eigenvalue weighted by Gasteiger charge is -2.07. The second-order valence-corrected chi connectivity index (χ2v) is 4.21. The van der Waals surface area contributed by atoms with Crippen molar-refractivity contribution in [2.24, 2.45) is 0 Å². The van der Waals surface area contributed by atoms with Crippen molar-refractivity contribution in [1.29, 1.82) is 0 Å². The molecule has 3 nitrogen and oxygen atoms in total. The molecule has 0 atom stereocenters. The molecule has 17 heavy (non-hydrogen) atoms. The molecule has 1 heterocycles. The summed E-state index contributed by atoms with van der Waals surface area (Å²) in [7, 11) is 0. The molecular weight excluding hydrogens is 214 g/mol. The lowest BCUT2D eigenvalue weighted by atomic mass is 10.0. The SMILES string of the molecule is CC(C)c1ccc(NC(=O)c2ccco2)cc1. The fourth-order valence-corrected chi connectivity index (χ4v) is 1.55. The quantitative estimate of drug-likeness (QED) is 0.872. The zero-order valence-electron chi connectivity index (χ0n) is 9.94. The standard InChI is InChI=1S/C14H15NO2/c1-10(2)11-5-7-12(8-6-11)15-14(16)13-4-3-9-17-13/h3-10H,1-2H3,(H,15,16). The van der Waals surface area contributed by atoms with E-state index in [9.17, 15) is 4.79 Å². The summed E-state index contributed by atoms with van der Waals surface area (Å²) in [5.41, 5.74) is 2.02. The van der Waals surface area contributed by atoms with Gasteiger partial charge in [0.1, 0.15) is 0 Å². The first-order valence-corrected chi connectivity index (χ1v) is 5.61. The molecule has 0 fully saturated rings. The van der Waals surface area contributed by atoms with E-state index in [2.05, 4.69) is 19.2 Å². The highest BCUT2D eigenvalue weighted by atomic mass is 16.3. The van der Waals surface area contributed by atoms with Crippen LogP contribution in [-0.4, -0.2) is 5.91 Å². The average molecular weight is 229 g/mol. The van der Waals surface area contributed by atoms with Gasteiger partial charge in [0.05, 0.1) is 6.26 Å². The van der Waals surface area contributed by atoms with E-state index in [-0.39, 0.29) is 5.91 Å². The molecule has 1 amide bonds. The second kappa shape index (κ2) is 4.87. The van der Waals surface area contributed by atoms with Crippen LogP contribution in [0.5, 0.6) is 0 Å². The maximum Gasteiger partial charge on any atom is 0.291 e. The van der Waals surface area contributed by atoms with Crippen LogP contribution in [0.2, 0.25) is 0 Å². The molecule has 0 aliphatic heterocycles. The van der Waals surface area contributed by atoms with E-state index in [1.807, 2.05) is 24.3 Å². The third-order valence-electron chi connectivity index (χ3n) is 2.58. The van der Waals surface area contributed by atoms with E-state index in [4.69, 9.17) is 4.42 Å². The van der Waals surface area contributed by atoms with Gasteiger partial charge in [0.25, 0.3) is 5.91 Å². The van der Waals surface area contributed by atoms with E-state index in [0.29, 0.717) is 11.7 Å². The van der Waals surface area contributed by atoms with E-state index < -0.39 is 0 Å². The molecular formula is C14H15NO2. The number of rotatable bonds is 3. The molecule has 0 aliphatic rings. The molecule has 0 unspecified atom stereocenters. The van der Waals surface area contributed by atoms with Gasteiger partial charge in [-0.1, -0.05) is 26.0 Å². The molecule has 3 heteroatoms. The lowest BCUT2D eigenvalue weighted by molar-refractivity contribution is 0.0996. The summed E-state index contributed by atoms with van der Waals surface area (Å²) < 4.78 is 5.02. The van der Waals surface area contributed by atoms with Gasteiger partial charge in [-0.2, -0.15) is 0 Å². The molecule has 0 spiro atoms. The fourth-order valence-electron chi connectivity index (χ4n) is 1.55. The van der Waals surface area contributed by atoms with Crippen LogP contribution in [0.25, 0.3) is 0 Å². The van der Waals surface area contributed by atoms with Crippen LogP contribution in [-0.2, 0) is 0 Å². The van der Waals surface area contributed by atoms with Crippen molar-refractivity contribution < 1.29 is 9.21 Å². The van der Waals surface area contributed by atoms with Gasteiger partial charge in [-0.25, -0.2) is 0 Å². The number of hydrogen-bond donors (Lipinski definition) is 1. The van der Waals surface area contributed by atoms with Crippen molar-refractivity contribution >= 4 is 11.6 Å². The summed E-state index contributed by atoms with van der Waals surface area (Å²) in [5, 5.41) is 2.78. The summed E-state index contributed by atoms with van der Waals surface area (Å²) in [6.45, 7) is 4.27. The average Bonchev–Trinajstić information content (AvgIpc) is 2.83. The Bertz CT molecular complexity index is 483. The predicted octanol–water partition coefficient (Wildman–Crippen LogP) is 3.66. The summed E-state index contributed by atoms with van der Waals surface area (Å²) >= 11 is 0. The number of benzene rings is 1. The minimum atomic E-state index is -0.229. The van der Waals surface area contributed by atoms with Gasteiger partial charge in [0, 0.05) is 5.69 Å². The van der Waals surface area contributed by atoms with E-state index in [1.54, 1.807) is 12.1 Å². The number of hydrogen-bond acceptors (Lipinski definition) is 2. The molecule has 0 saturated carbocycles. The Hall–Kier alpha value is -2.03. The van der Waals surface area contributed by atoms with Crippen LogP contribution >= 0.6 is 0 Å². The Labute approximate surface area is 100 Å². The monoisotopic (exact) mass is 229 g/mol. The van der Waals surface area contributed by atoms with Gasteiger partial charge < -0.3 is 9.73 Å². The van der Waals surface area contributed by atoms with Gasteiger partial charge in [-0.3, -0.25) is 4.79 Å². The summed E-state index contributed by atoms with van der Waals surface area (Å²) in [6, 6.07) is 11.2. The second-order valence-electron chi connectivity index (χ2n) is 4.21. The van der Waals surface area contributed by atoms with Gasteiger partial charge in [-0.05, 0) is 35.7 Å². The Balaban J connectivity index is 2.07. The topological polar surface area (TPSA) is 42.2 Å². The number of amides is 1. The zero-order chi connectivity index (χ0) is 12.3. The first-order valence-electron chi connectivity index (χ1n) is 5.61. The van der Waals surface area contributed by atoms with Crippen LogP contribution in [0.3, 0.4) is 0 Å². The number of carbonyl (C=O) groups excluding carboxylic acids is 1. The number of carbonyl (C=O) groups is 1. The molecule has 0 saturated heterocycles. The minimum absolute atomic E-state index is 0.229. The zero-order valence-corrected chi connectivity index (χ0v) is 9.94. The van der Waals surface area contributed by atoms with Crippen molar-refractivity contribution in [2.75, 3.05) is 5.32 Å². The Kier molecular flexibility index (Phi) is 3.28. The molecule has 1 aromatic heterocycles. The van der Waals surface area contributed by atoms with Crippen LogP contribution in [0.15, 0.2) is 47.1 Å². The Morgan fingerprint density at radius 1 is 1.18 bits per heavy atom. The van der Waals surface area contributed by atoms with Crippen molar-refractivity contribution in [3.8, 4) is 0 Å². The highest BCUT2D eigenvalue weighted by Gasteiger charge is 2.08. The smallest absolute Gasteiger partial charge is 0.291 e. The molecule has 1 N–H and O–H groups in total. The molecule has 0 bridgehead atoms. The van der Waals surface area contributed by atoms with Crippen molar-refractivity contribution in [3.63, 3.8) is 0 Å². The van der Waals surface area contributed by atoms with E-state index >= 15 is 0 Å². The van der Waals surface area contributed by atoms with Crippen LogP contribution in [0.4, 0.5) is 5.69 Å².